The summed E-state index contributed by atoms with van der Waals surface area (Å²) in [4.78, 5) is 26.6. The predicted octanol–water partition coefficient (Wildman–Crippen LogP) is 0.812. The normalized spacial score (nSPS) is 15.0. The summed E-state index contributed by atoms with van der Waals surface area (Å²) in [5.74, 6) is -0.710. The molecular formula is C14H26N2O4. The van der Waals surface area contributed by atoms with Gasteiger partial charge >= 0.3 is 5.97 Å². The molecule has 1 fully saturated rings. The molecule has 1 amide bonds. The Morgan fingerprint density at radius 1 is 1.25 bits per heavy atom. The van der Waals surface area contributed by atoms with Crippen molar-refractivity contribution < 1.29 is 19.4 Å². The summed E-state index contributed by atoms with van der Waals surface area (Å²) >= 11 is 0. The molecule has 0 bridgehead atoms. The van der Waals surface area contributed by atoms with E-state index in [-0.39, 0.29) is 12.3 Å². The van der Waals surface area contributed by atoms with Crippen LogP contribution in [0.15, 0.2) is 0 Å². The van der Waals surface area contributed by atoms with Crippen molar-refractivity contribution in [2.75, 3.05) is 45.9 Å². The Morgan fingerprint density at radius 2 is 1.95 bits per heavy atom. The van der Waals surface area contributed by atoms with Crippen LogP contribution in [-0.4, -0.2) is 72.7 Å². The molecule has 1 heterocycles. The third-order valence-corrected chi connectivity index (χ3v) is 3.43. The average Bonchev–Trinajstić information content (AvgIpc) is 2.94. The molecule has 0 aromatic rings. The molecule has 20 heavy (non-hydrogen) atoms. The quantitative estimate of drug-likeness (QED) is 0.602. The first-order valence-corrected chi connectivity index (χ1v) is 7.43. The number of aliphatic carboxylic acids is 1. The monoisotopic (exact) mass is 286 g/mol. The van der Waals surface area contributed by atoms with Crippen molar-refractivity contribution in [2.24, 2.45) is 0 Å². The smallest absolute Gasteiger partial charge is 0.304 e. The second kappa shape index (κ2) is 9.72. The fourth-order valence-corrected chi connectivity index (χ4v) is 2.32. The van der Waals surface area contributed by atoms with Crippen molar-refractivity contribution in [3.8, 4) is 0 Å². The first-order valence-electron chi connectivity index (χ1n) is 7.43. The van der Waals surface area contributed by atoms with E-state index in [1.807, 2.05) is 16.7 Å². The molecule has 116 valence electrons. The van der Waals surface area contributed by atoms with Gasteiger partial charge in [-0.25, -0.2) is 0 Å². The lowest BCUT2D eigenvalue weighted by Gasteiger charge is -2.24. The van der Waals surface area contributed by atoms with Crippen LogP contribution in [0.2, 0.25) is 0 Å². The standard InChI is InChI=1S/C14H26N2O4/c1-2-20-11-5-7-15(10-6-14(18)19)12-13(17)16-8-3-4-9-16/h2-12H2,1H3,(H,18,19). The van der Waals surface area contributed by atoms with Crippen molar-refractivity contribution >= 4 is 11.9 Å². The largest absolute Gasteiger partial charge is 0.481 e. The SMILES string of the molecule is CCOCCCN(CCC(=O)O)CC(=O)N1CCCC1. The minimum absolute atomic E-state index is 0.0713. The number of carbonyl (C=O) groups excluding carboxylic acids is 1. The second-order valence-electron chi connectivity index (χ2n) is 5.06. The van der Waals surface area contributed by atoms with Crippen LogP contribution < -0.4 is 0 Å². The minimum atomic E-state index is -0.826. The van der Waals surface area contributed by atoms with E-state index in [2.05, 4.69) is 0 Å². The molecule has 1 aliphatic rings. The maximum Gasteiger partial charge on any atom is 0.304 e. The van der Waals surface area contributed by atoms with Crippen LogP contribution in [0, 0.1) is 0 Å². The molecule has 0 aliphatic carbocycles. The molecule has 0 saturated carbocycles. The van der Waals surface area contributed by atoms with Crippen LogP contribution in [0.1, 0.15) is 32.6 Å². The first kappa shape index (κ1) is 16.9. The molecule has 0 radical (unpaired) electrons. The van der Waals surface area contributed by atoms with E-state index in [4.69, 9.17) is 9.84 Å². The number of nitrogens with zero attached hydrogens (tertiary/aromatic N) is 2. The van der Waals surface area contributed by atoms with E-state index in [0.29, 0.717) is 32.8 Å². The molecule has 6 heteroatoms. The van der Waals surface area contributed by atoms with Gasteiger partial charge in [0, 0.05) is 39.4 Å². The zero-order valence-electron chi connectivity index (χ0n) is 12.3. The fourth-order valence-electron chi connectivity index (χ4n) is 2.32. The molecule has 1 aliphatic heterocycles. The minimum Gasteiger partial charge on any atom is -0.481 e. The van der Waals surface area contributed by atoms with Gasteiger partial charge in [0.2, 0.25) is 5.91 Å². The lowest BCUT2D eigenvalue weighted by molar-refractivity contribution is -0.138. The molecule has 1 rings (SSSR count). The Morgan fingerprint density at radius 3 is 2.55 bits per heavy atom. The molecular weight excluding hydrogens is 260 g/mol. The van der Waals surface area contributed by atoms with Crippen molar-refractivity contribution in [3.05, 3.63) is 0 Å². The molecule has 0 spiro atoms. The molecule has 0 atom stereocenters. The Bertz CT molecular complexity index is 304. The van der Waals surface area contributed by atoms with Crippen molar-refractivity contribution in [3.63, 3.8) is 0 Å². The fraction of sp³-hybridized carbons (Fsp3) is 0.857. The Kier molecular flexibility index (Phi) is 8.22. The zero-order valence-corrected chi connectivity index (χ0v) is 12.3. The molecule has 0 aromatic heterocycles. The van der Waals surface area contributed by atoms with E-state index in [0.717, 1.165) is 32.4 Å². The van der Waals surface area contributed by atoms with E-state index in [1.165, 1.54) is 0 Å². The number of carbonyl (C=O) groups is 2. The van der Waals surface area contributed by atoms with Crippen molar-refractivity contribution in [1.29, 1.82) is 0 Å². The summed E-state index contributed by atoms with van der Waals surface area (Å²) in [5, 5.41) is 8.77. The molecule has 1 saturated heterocycles. The lowest BCUT2D eigenvalue weighted by atomic mass is 10.3. The highest BCUT2D eigenvalue weighted by Crippen LogP contribution is 2.08. The van der Waals surface area contributed by atoms with Gasteiger partial charge < -0.3 is 14.7 Å². The van der Waals surface area contributed by atoms with Gasteiger partial charge in [-0.2, -0.15) is 0 Å². The highest BCUT2D eigenvalue weighted by Gasteiger charge is 2.20. The van der Waals surface area contributed by atoms with Gasteiger partial charge in [-0.3, -0.25) is 14.5 Å². The van der Waals surface area contributed by atoms with Crippen LogP contribution in [-0.2, 0) is 14.3 Å². The van der Waals surface area contributed by atoms with Gasteiger partial charge in [0.25, 0.3) is 0 Å². The molecule has 0 unspecified atom stereocenters. The molecule has 1 N–H and O–H groups in total. The highest BCUT2D eigenvalue weighted by atomic mass is 16.5. The van der Waals surface area contributed by atoms with Crippen LogP contribution in [0.25, 0.3) is 0 Å². The third-order valence-electron chi connectivity index (χ3n) is 3.43. The Hall–Kier alpha value is -1.14. The van der Waals surface area contributed by atoms with Gasteiger partial charge in [0.05, 0.1) is 13.0 Å². The predicted molar refractivity (Wildman–Crippen MR) is 75.6 cm³/mol. The number of carboxylic acid groups (broad SMARTS) is 1. The molecule has 0 aromatic carbocycles. The summed E-state index contributed by atoms with van der Waals surface area (Å²) in [7, 11) is 0. The maximum atomic E-state index is 12.1. The van der Waals surface area contributed by atoms with Gasteiger partial charge in [-0.1, -0.05) is 0 Å². The Balaban J connectivity index is 2.34. The van der Waals surface area contributed by atoms with E-state index in [1.54, 1.807) is 0 Å². The van der Waals surface area contributed by atoms with Crippen molar-refractivity contribution in [1.82, 2.24) is 9.80 Å². The highest BCUT2D eigenvalue weighted by molar-refractivity contribution is 5.78. The van der Waals surface area contributed by atoms with Gasteiger partial charge in [-0.15, -0.1) is 0 Å². The number of ether oxygens (including phenoxy) is 1. The third kappa shape index (κ3) is 6.86. The summed E-state index contributed by atoms with van der Waals surface area (Å²) in [5.41, 5.74) is 0. The average molecular weight is 286 g/mol. The maximum absolute atomic E-state index is 12.1. The van der Waals surface area contributed by atoms with E-state index in [9.17, 15) is 9.59 Å². The first-order chi connectivity index (χ1) is 9.63. The van der Waals surface area contributed by atoms with E-state index < -0.39 is 5.97 Å². The van der Waals surface area contributed by atoms with Gasteiger partial charge in [0.15, 0.2) is 0 Å². The van der Waals surface area contributed by atoms with Gasteiger partial charge in [-0.05, 0) is 26.2 Å². The van der Waals surface area contributed by atoms with Crippen LogP contribution in [0.4, 0.5) is 0 Å². The van der Waals surface area contributed by atoms with E-state index >= 15 is 0 Å². The number of amides is 1. The second-order valence-corrected chi connectivity index (χ2v) is 5.06. The summed E-state index contributed by atoms with van der Waals surface area (Å²) in [6, 6.07) is 0. The number of rotatable bonds is 10. The van der Waals surface area contributed by atoms with Gasteiger partial charge in [0.1, 0.15) is 0 Å². The van der Waals surface area contributed by atoms with Crippen molar-refractivity contribution in [2.45, 2.75) is 32.6 Å². The summed E-state index contributed by atoms with van der Waals surface area (Å²) in [6.45, 7) is 6.39. The van der Waals surface area contributed by atoms with Crippen LogP contribution in [0.5, 0.6) is 0 Å². The number of hydrogen-bond donors (Lipinski definition) is 1. The topological polar surface area (TPSA) is 70.1 Å². The number of carboxylic acids is 1. The summed E-state index contributed by atoms with van der Waals surface area (Å²) in [6.07, 6.45) is 3.04. The summed E-state index contributed by atoms with van der Waals surface area (Å²) < 4.78 is 5.28. The van der Waals surface area contributed by atoms with Crippen LogP contribution >= 0.6 is 0 Å². The van der Waals surface area contributed by atoms with Crippen LogP contribution in [0.3, 0.4) is 0 Å². The number of hydrogen-bond acceptors (Lipinski definition) is 4. The zero-order chi connectivity index (χ0) is 14.8. The lowest BCUT2D eigenvalue weighted by Crippen LogP contribution is -2.40. The Labute approximate surface area is 120 Å². The molecule has 6 nitrogen and oxygen atoms in total. The number of likely N-dealkylation sites (tertiary alicyclic amines) is 1.